The van der Waals surface area contributed by atoms with Gasteiger partial charge in [-0.05, 0) is 18.2 Å². The SMILES string of the molecule is O=C(Nc1ncccn1)Nc1ccc(F)c(F)c1F. The smallest absolute Gasteiger partial charge is 0.305 e. The predicted octanol–water partition coefficient (Wildman–Crippen LogP) is 2.54. The number of rotatable bonds is 2. The van der Waals surface area contributed by atoms with Crippen LogP contribution in [0.25, 0.3) is 0 Å². The Bertz CT molecular complexity index is 606. The van der Waals surface area contributed by atoms with Crippen molar-refractivity contribution in [3.05, 3.63) is 48.0 Å². The normalized spacial score (nSPS) is 10.1. The number of nitrogens with zero attached hydrogens (tertiary/aromatic N) is 2. The van der Waals surface area contributed by atoms with Gasteiger partial charge in [-0.1, -0.05) is 0 Å². The van der Waals surface area contributed by atoms with E-state index in [0.717, 1.165) is 6.07 Å². The van der Waals surface area contributed by atoms with E-state index in [-0.39, 0.29) is 5.95 Å². The van der Waals surface area contributed by atoms with Crippen molar-refractivity contribution >= 4 is 17.7 Å². The fourth-order valence-electron chi connectivity index (χ4n) is 1.24. The lowest BCUT2D eigenvalue weighted by Crippen LogP contribution is -2.21. The maximum absolute atomic E-state index is 13.3. The molecule has 0 spiro atoms. The summed E-state index contributed by atoms with van der Waals surface area (Å²) in [6.45, 7) is 0. The summed E-state index contributed by atoms with van der Waals surface area (Å²) in [6.07, 6.45) is 2.78. The second kappa shape index (κ2) is 5.34. The van der Waals surface area contributed by atoms with Crippen LogP contribution in [0.3, 0.4) is 0 Å². The van der Waals surface area contributed by atoms with Gasteiger partial charge in [-0.15, -0.1) is 0 Å². The average molecular weight is 268 g/mol. The molecule has 0 unspecified atom stereocenters. The fourth-order valence-corrected chi connectivity index (χ4v) is 1.24. The Balaban J connectivity index is 2.10. The summed E-state index contributed by atoms with van der Waals surface area (Å²) in [5, 5.41) is 4.21. The van der Waals surface area contributed by atoms with Gasteiger partial charge in [0.25, 0.3) is 0 Å². The Kier molecular flexibility index (Phi) is 3.60. The molecule has 2 N–H and O–H groups in total. The molecule has 2 aromatic rings. The van der Waals surface area contributed by atoms with Crippen LogP contribution in [0.5, 0.6) is 0 Å². The Hall–Kier alpha value is -2.64. The highest BCUT2D eigenvalue weighted by Gasteiger charge is 2.15. The maximum Gasteiger partial charge on any atom is 0.326 e. The van der Waals surface area contributed by atoms with E-state index in [0.29, 0.717) is 6.07 Å². The number of hydrogen-bond acceptors (Lipinski definition) is 3. The highest BCUT2D eigenvalue weighted by Crippen LogP contribution is 2.19. The second-order valence-corrected chi connectivity index (χ2v) is 3.37. The molecule has 8 heteroatoms. The van der Waals surface area contributed by atoms with Crippen LogP contribution < -0.4 is 10.6 Å². The van der Waals surface area contributed by atoms with Gasteiger partial charge in [-0.3, -0.25) is 5.32 Å². The summed E-state index contributed by atoms with van der Waals surface area (Å²) in [5.74, 6) is -4.49. The molecular formula is C11H7F3N4O. The van der Waals surface area contributed by atoms with Crippen LogP contribution in [0, 0.1) is 17.5 Å². The van der Waals surface area contributed by atoms with Gasteiger partial charge in [-0.2, -0.15) is 0 Å². The van der Waals surface area contributed by atoms with E-state index in [4.69, 9.17) is 0 Å². The largest absolute Gasteiger partial charge is 0.326 e. The molecule has 1 aromatic carbocycles. The topological polar surface area (TPSA) is 66.9 Å². The number of halogens is 3. The van der Waals surface area contributed by atoms with Crippen LogP contribution in [0.1, 0.15) is 0 Å². The van der Waals surface area contributed by atoms with Gasteiger partial charge in [0.1, 0.15) is 0 Å². The zero-order valence-corrected chi connectivity index (χ0v) is 9.32. The number of carbonyl (C=O) groups is 1. The number of benzene rings is 1. The van der Waals surface area contributed by atoms with Crippen LogP contribution in [-0.2, 0) is 0 Å². The molecule has 0 atom stereocenters. The van der Waals surface area contributed by atoms with Gasteiger partial charge in [0.15, 0.2) is 17.5 Å². The molecule has 1 heterocycles. The fraction of sp³-hybridized carbons (Fsp3) is 0. The minimum Gasteiger partial charge on any atom is -0.305 e. The monoisotopic (exact) mass is 268 g/mol. The average Bonchev–Trinajstić information content (AvgIpc) is 2.41. The standard InChI is InChI=1S/C11H7F3N4O/c12-6-2-3-7(9(14)8(6)13)17-11(19)18-10-15-4-1-5-16-10/h1-5H,(H2,15,16,17,18,19). The number of aromatic nitrogens is 2. The molecular weight excluding hydrogens is 261 g/mol. The lowest BCUT2D eigenvalue weighted by atomic mass is 10.3. The van der Waals surface area contributed by atoms with Crippen LogP contribution in [0.15, 0.2) is 30.6 Å². The van der Waals surface area contributed by atoms with E-state index in [1.807, 2.05) is 5.32 Å². The summed E-state index contributed by atoms with van der Waals surface area (Å²) in [4.78, 5) is 18.9. The van der Waals surface area contributed by atoms with Gasteiger partial charge >= 0.3 is 6.03 Å². The van der Waals surface area contributed by atoms with Crippen molar-refractivity contribution in [1.82, 2.24) is 9.97 Å². The van der Waals surface area contributed by atoms with E-state index < -0.39 is 29.2 Å². The van der Waals surface area contributed by atoms with E-state index in [2.05, 4.69) is 15.3 Å². The van der Waals surface area contributed by atoms with Crippen LogP contribution in [-0.4, -0.2) is 16.0 Å². The van der Waals surface area contributed by atoms with Crippen molar-refractivity contribution in [3.63, 3.8) is 0 Å². The Labute approximate surface area is 105 Å². The molecule has 0 radical (unpaired) electrons. The van der Waals surface area contributed by atoms with Crippen molar-refractivity contribution in [2.75, 3.05) is 10.6 Å². The van der Waals surface area contributed by atoms with Gasteiger partial charge in [0.05, 0.1) is 5.69 Å². The van der Waals surface area contributed by atoms with E-state index in [1.54, 1.807) is 0 Å². The Morgan fingerprint density at radius 2 is 1.68 bits per heavy atom. The Morgan fingerprint density at radius 1 is 1.00 bits per heavy atom. The molecule has 0 aliphatic heterocycles. The van der Waals surface area contributed by atoms with Crippen molar-refractivity contribution in [1.29, 1.82) is 0 Å². The predicted molar refractivity (Wildman–Crippen MR) is 61.0 cm³/mol. The molecule has 5 nitrogen and oxygen atoms in total. The number of anilines is 2. The summed E-state index contributed by atoms with van der Waals surface area (Å²) in [5.41, 5.74) is -0.493. The summed E-state index contributed by atoms with van der Waals surface area (Å²) < 4.78 is 38.9. The minimum absolute atomic E-state index is 0.0111. The van der Waals surface area contributed by atoms with Crippen molar-refractivity contribution in [3.8, 4) is 0 Å². The lowest BCUT2D eigenvalue weighted by Gasteiger charge is -2.07. The second-order valence-electron chi connectivity index (χ2n) is 3.37. The van der Waals surface area contributed by atoms with Crippen LogP contribution >= 0.6 is 0 Å². The third-order valence-electron chi connectivity index (χ3n) is 2.07. The number of amides is 2. The lowest BCUT2D eigenvalue weighted by molar-refractivity contribution is 0.262. The molecule has 19 heavy (non-hydrogen) atoms. The summed E-state index contributed by atoms with van der Waals surface area (Å²) in [6, 6.07) is 2.26. The van der Waals surface area contributed by atoms with Crippen LogP contribution in [0.4, 0.5) is 29.6 Å². The first-order valence-electron chi connectivity index (χ1n) is 5.06. The zero-order chi connectivity index (χ0) is 13.8. The van der Waals surface area contributed by atoms with Gasteiger partial charge in [-0.25, -0.2) is 27.9 Å². The molecule has 0 aliphatic carbocycles. The molecule has 0 saturated carbocycles. The molecule has 0 fully saturated rings. The van der Waals surface area contributed by atoms with E-state index >= 15 is 0 Å². The third-order valence-corrected chi connectivity index (χ3v) is 2.07. The van der Waals surface area contributed by atoms with Gasteiger partial charge < -0.3 is 5.32 Å². The molecule has 0 bridgehead atoms. The zero-order valence-electron chi connectivity index (χ0n) is 9.32. The highest BCUT2D eigenvalue weighted by atomic mass is 19.2. The third kappa shape index (κ3) is 2.97. The summed E-state index contributed by atoms with van der Waals surface area (Å²) >= 11 is 0. The van der Waals surface area contributed by atoms with Gasteiger partial charge in [0.2, 0.25) is 5.95 Å². The first-order chi connectivity index (χ1) is 9.08. The maximum atomic E-state index is 13.3. The molecule has 98 valence electrons. The number of carbonyl (C=O) groups excluding carboxylic acids is 1. The van der Waals surface area contributed by atoms with Crippen LogP contribution in [0.2, 0.25) is 0 Å². The molecule has 0 aliphatic rings. The van der Waals surface area contributed by atoms with Crippen molar-refractivity contribution < 1.29 is 18.0 Å². The molecule has 2 rings (SSSR count). The van der Waals surface area contributed by atoms with Crippen molar-refractivity contribution in [2.45, 2.75) is 0 Å². The number of nitrogens with one attached hydrogen (secondary N) is 2. The first kappa shape index (κ1) is 12.8. The van der Waals surface area contributed by atoms with Gasteiger partial charge in [0, 0.05) is 12.4 Å². The van der Waals surface area contributed by atoms with E-state index in [1.165, 1.54) is 18.5 Å². The minimum atomic E-state index is -1.66. The quantitative estimate of drug-likeness (QED) is 0.822. The molecule has 1 aromatic heterocycles. The first-order valence-corrected chi connectivity index (χ1v) is 5.06. The number of urea groups is 1. The highest BCUT2D eigenvalue weighted by molar-refractivity contribution is 5.98. The number of hydrogen-bond donors (Lipinski definition) is 2. The summed E-state index contributed by atoms with van der Waals surface area (Å²) in [7, 11) is 0. The molecule has 2 amide bonds. The van der Waals surface area contributed by atoms with Crippen molar-refractivity contribution in [2.24, 2.45) is 0 Å². The van der Waals surface area contributed by atoms with E-state index in [9.17, 15) is 18.0 Å². The Morgan fingerprint density at radius 3 is 2.37 bits per heavy atom. The molecule has 0 saturated heterocycles.